The van der Waals surface area contributed by atoms with Crippen LogP contribution in [0, 0.1) is 0 Å². The van der Waals surface area contributed by atoms with Crippen LogP contribution in [0.2, 0.25) is 0 Å². The van der Waals surface area contributed by atoms with Crippen LogP contribution in [-0.2, 0) is 19.0 Å². The summed E-state index contributed by atoms with van der Waals surface area (Å²) in [6.07, 6.45) is 1.40. The molecule has 2 saturated heterocycles. The first kappa shape index (κ1) is 11.8. The topological polar surface area (TPSA) is 68.3 Å². The summed E-state index contributed by atoms with van der Waals surface area (Å²) in [4.78, 5) is 11.4. The molecule has 0 aromatic heterocycles. The number of aliphatic hydroxyl groups is 1. The lowest BCUT2D eigenvalue weighted by Crippen LogP contribution is -2.46. The van der Waals surface area contributed by atoms with Gasteiger partial charge in [-0.2, -0.15) is 0 Å². The van der Waals surface area contributed by atoms with Gasteiger partial charge in [-0.25, -0.2) is 4.79 Å². The third-order valence-electron chi connectivity index (χ3n) is 3.15. The first-order valence-corrected chi connectivity index (χ1v) is 5.72. The van der Waals surface area contributed by atoms with Gasteiger partial charge in [0.1, 0.15) is 6.10 Å². The minimum absolute atomic E-state index is 0.0879. The number of aliphatic hydroxyl groups excluding tert-OH is 1. The molecule has 0 saturated carbocycles. The number of methoxy groups -OCH3 is 1. The van der Waals surface area contributed by atoms with E-state index in [4.69, 9.17) is 14.2 Å². The van der Waals surface area contributed by atoms with Crippen molar-refractivity contribution in [1.82, 2.24) is 0 Å². The zero-order chi connectivity index (χ0) is 11.8. The highest BCUT2D eigenvalue weighted by molar-refractivity contribution is 5.79. The van der Waals surface area contributed by atoms with Gasteiger partial charge in [-0.05, 0) is 6.42 Å². The fourth-order valence-electron chi connectivity index (χ4n) is 2.22. The predicted octanol–water partition coefficient (Wildman–Crippen LogP) is 0.594. The third kappa shape index (κ3) is 2.21. The molecule has 0 aromatic rings. The maximum absolute atomic E-state index is 11.4. The number of ether oxygens (including phenoxy) is 3. The Labute approximate surface area is 94.7 Å². The molecule has 0 aliphatic carbocycles. The smallest absolute Gasteiger partial charge is 0.340 e. The average Bonchev–Trinajstić information content (AvgIpc) is 2.97. The Morgan fingerprint density at radius 1 is 1.69 bits per heavy atom. The van der Waals surface area contributed by atoms with Crippen molar-refractivity contribution >= 4 is 5.97 Å². The molecular formula is C11H18O5. The van der Waals surface area contributed by atoms with E-state index in [2.05, 4.69) is 0 Å². The Morgan fingerprint density at radius 3 is 3.00 bits per heavy atom. The molecule has 92 valence electrons. The van der Waals surface area contributed by atoms with Gasteiger partial charge in [0.05, 0.1) is 6.10 Å². The third-order valence-corrected chi connectivity index (χ3v) is 3.15. The van der Waals surface area contributed by atoms with E-state index in [0.717, 1.165) is 6.42 Å². The van der Waals surface area contributed by atoms with Crippen molar-refractivity contribution in [1.29, 1.82) is 0 Å². The van der Waals surface area contributed by atoms with E-state index in [-0.39, 0.29) is 12.1 Å². The zero-order valence-electron chi connectivity index (χ0n) is 9.64. The van der Waals surface area contributed by atoms with Crippen LogP contribution in [-0.4, -0.2) is 42.3 Å². The molecule has 5 nitrogen and oxygen atoms in total. The number of carbonyl (C=O) groups is 1. The van der Waals surface area contributed by atoms with Crippen molar-refractivity contribution in [3.8, 4) is 0 Å². The zero-order valence-corrected chi connectivity index (χ0v) is 9.64. The molecule has 0 aromatic carbocycles. The summed E-state index contributed by atoms with van der Waals surface area (Å²) in [5, 5.41) is 9.77. The molecule has 0 radical (unpaired) electrons. The first-order chi connectivity index (χ1) is 7.60. The fourth-order valence-corrected chi connectivity index (χ4v) is 2.22. The Morgan fingerprint density at radius 2 is 2.44 bits per heavy atom. The number of rotatable bonds is 5. The van der Waals surface area contributed by atoms with Crippen LogP contribution in [0.15, 0.2) is 0 Å². The molecule has 16 heavy (non-hydrogen) atoms. The maximum Gasteiger partial charge on any atom is 0.340 e. The van der Waals surface area contributed by atoms with Gasteiger partial charge in [0.25, 0.3) is 0 Å². The van der Waals surface area contributed by atoms with Gasteiger partial charge in [-0.15, -0.1) is 0 Å². The van der Waals surface area contributed by atoms with Crippen molar-refractivity contribution < 1.29 is 24.1 Å². The first-order valence-electron chi connectivity index (χ1n) is 5.72. The lowest BCUT2D eigenvalue weighted by atomic mass is 9.97. The monoisotopic (exact) mass is 230 g/mol. The Hall–Kier alpha value is -0.650. The van der Waals surface area contributed by atoms with Gasteiger partial charge in [0.15, 0.2) is 6.10 Å². The summed E-state index contributed by atoms with van der Waals surface area (Å²) < 4.78 is 15.7. The van der Waals surface area contributed by atoms with Crippen molar-refractivity contribution in [2.75, 3.05) is 7.11 Å². The van der Waals surface area contributed by atoms with Crippen LogP contribution in [0.3, 0.4) is 0 Å². The van der Waals surface area contributed by atoms with Crippen molar-refractivity contribution in [2.45, 2.75) is 56.7 Å². The molecule has 5 heteroatoms. The molecule has 1 N–H and O–H groups in total. The molecule has 2 aliphatic rings. The van der Waals surface area contributed by atoms with Crippen LogP contribution < -0.4 is 0 Å². The lowest BCUT2D eigenvalue weighted by Gasteiger charge is -2.34. The van der Waals surface area contributed by atoms with E-state index in [0.29, 0.717) is 19.3 Å². The second kappa shape index (κ2) is 4.31. The highest BCUT2D eigenvalue weighted by Gasteiger charge is 2.58. The van der Waals surface area contributed by atoms with Gasteiger partial charge >= 0.3 is 5.97 Å². The van der Waals surface area contributed by atoms with Gasteiger partial charge in [0, 0.05) is 20.0 Å². The highest BCUT2D eigenvalue weighted by atomic mass is 16.7. The molecule has 2 rings (SSSR count). The summed E-state index contributed by atoms with van der Waals surface area (Å²) in [6.45, 7) is 2.00. The summed E-state index contributed by atoms with van der Waals surface area (Å²) in [6, 6.07) is 0. The van der Waals surface area contributed by atoms with Gasteiger partial charge in [0.2, 0.25) is 5.79 Å². The van der Waals surface area contributed by atoms with Gasteiger partial charge < -0.3 is 19.3 Å². The molecule has 2 fully saturated rings. The number of carbonyl (C=O) groups excluding carboxylic acids is 1. The predicted molar refractivity (Wildman–Crippen MR) is 54.6 cm³/mol. The van der Waals surface area contributed by atoms with Gasteiger partial charge in [-0.3, -0.25) is 0 Å². The average molecular weight is 230 g/mol. The number of hydrogen-bond acceptors (Lipinski definition) is 5. The quantitative estimate of drug-likeness (QED) is 0.553. The summed E-state index contributed by atoms with van der Waals surface area (Å²) in [7, 11) is 1.49. The van der Waals surface area contributed by atoms with E-state index in [1.807, 2.05) is 6.92 Å². The molecule has 0 spiro atoms. The van der Waals surface area contributed by atoms with Crippen LogP contribution in [0.5, 0.6) is 0 Å². The van der Waals surface area contributed by atoms with Crippen molar-refractivity contribution in [3.05, 3.63) is 0 Å². The van der Waals surface area contributed by atoms with E-state index in [9.17, 15) is 9.90 Å². The summed E-state index contributed by atoms with van der Waals surface area (Å²) in [5.74, 6) is -1.37. The van der Waals surface area contributed by atoms with E-state index in [1.54, 1.807) is 0 Å². The summed E-state index contributed by atoms with van der Waals surface area (Å²) in [5.41, 5.74) is 0. The minimum Gasteiger partial charge on any atom is -0.431 e. The number of esters is 1. The molecule has 2 heterocycles. The van der Waals surface area contributed by atoms with Crippen molar-refractivity contribution in [2.24, 2.45) is 0 Å². The van der Waals surface area contributed by atoms with Crippen LogP contribution in [0.4, 0.5) is 0 Å². The van der Waals surface area contributed by atoms with Crippen LogP contribution >= 0.6 is 0 Å². The number of cyclic esters (lactones) is 1. The van der Waals surface area contributed by atoms with Crippen LogP contribution in [0.1, 0.15) is 32.6 Å². The fraction of sp³-hybridized carbons (Fsp3) is 0.909. The SMILES string of the molecule is CCC[C@@H](O)C[C@@]1(OC)C[C@H]2O[C@H]2C(=O)O1. The van der Waals surface area contributed by atoms with E-state index < -0.39 is 18.0 Å². The normalized spacial score (nSPS) is 38.8. The molecule has 0 unspecified atom stereocenters. The lowest BCUT2D eigenvalue weighted by molar-refractivity contribution is -0.240. The van der Waals surface area contributed by atoms with E-state index >= 15 is 0 Å². The maximum atomic E-state index is 11.4. The second-order valence-electron chi connectivity index (χ2n) is 4.48. The Kier molecular flexibility index (Phi) is 3.19. The molecule has 0 amide bonds. The van der Waals surface area contributed by atoms with E-state index in [1.165, 1.54) is 7.11 Å². The number of hydrogen-bond donors (Lipinski definition) is 1. The molecule has 2 aliphatic heterocycles. The highest BCUT2D eigenvalue weighted by Crippen LogP contribution is 2.41. The molecular weight excluding hydrogens is 212 g/mol. The second-order valence-corrected chi connectivity index (χ2v) is 4.48. The minimum atomic E-state index is -0.997. The molecule has 4 atom stereocenters. The van der Waals surface area contributed by atoms with Crippen LogP contribution in [0.25, 0.3) is 0 Å². The standard InChI is InChI=1S/C11H18O5/c1-3-4-7(12)5-11(14-2)6-8-9(15-8)10(13)16-11/h7-9,12H,3-6H2,1-2H3/t7-,8-,9-,11+/m1/s1. The summed E-state index contributed by atoms with van der Waals surface area (Å²) >= 11 is 0. The molecule has 0 bridgehead atoms. The Balaban J connectivity index is 1.98. The number of epoxide rings is 1. The largest absolute Gasteiger partial charge is 0.431 e. The number of fused-ring (bicyclic) bond motifs is 1. The van der Waals surface area contributed by atoms with Gasteiger partial charge in [-0.1, -0.05) is 13.3 Å². The Bertz CT molecular complexity index is 280. The van der Waals surface area contributed by atoms with Crippen molar-refractivity contribution in [3.63, 3.8) is 0 Å².